The summed E-state index contributed by atoms with van der Waals surface area (Å²) >= 11 is 0. The average Bonchev–Trinajstić information content (AvgIpc) is 2.32. The Morgan fingerprint density at radius 3 is 2.94 bits per heavy atom. The van der Waals surface area contributed by atoms with Crippen molar-refractivity contribution in [3.63, 3.8) is 0 Å². The third-order valence-corrected chi connectivity index (χ3v) is 3.79. The number of likely N-dealkylation sites (N-methyl/N-ethyl adjacent to an activating group) is 1. The molecule has 2 aliphatic rings. The highest BCUT2D eigenvalue weighted by Gasteiger charge is 2.39. The van der Waals surface area contributed by atoms with Gasteiger partial charge in [-0.05, 0) is 6.54 Å². The van der Waals surface area contributed by atoms with Crippen molar-refractivity contribution in [2.45, 2.75) is 25.0 Å². The molecule has 2 aliphatic heterocycles. The zero-order valence-corrected chi connectivity index (χ0v) is 10.9. The third-order valence-electron chi connectivity index (χ3n) is 3.79. The average molecular weight is 257 g/mol. The molecule has 6 nitrogen and oxygen atoms in total. The molecule has 1 unspecified atom stereocenters. The molecule has 6 heteroatoms. The molecule has 0 aromatic rings. The first-order valence-corrected chi connectivity index (χ1v) is 6.65. The van der Waals surface area contributed by atoms with Crippen LogP contribution < -0.4 is 10.6 Å². The van der Waals surface area contributed by atoms with Crippen LogP contribution in [0.15, 0.2) is 0 Å². The van der Waals surface area contributed by atoms with Gasteiger partial charge in [-0.2, -0.15) is 0 Å². The molecule has 2 fully saturated rings. The summed E-state index contributed by atoms with van der Waals surface area (Å²) in [5.41, 5.74) is -0.274. The van der Waals surface area contributed by atoms with E-state index in [0.717, 1.165) is 45.9 Å². The van der Waals surface area contributed by atoms with Crippen molar-refractivity contribution in [2.24, 2.45) is 0 Å². The molecule has 0 saturated carbocycles. The zero-order valence-electron chi connectivity index (χ0n) is 10.9. The van der Waals surface area contributed by atoms with Crippen LogP contribution in [-0.2, 0) is 9.53 Å². The quantitative estimate of drug-likeness (QED) is 0.573. The van der Waals surface area contributed by atoms with E-state index in [9.17, 15) is 4.79 Å². The van der Waals surface area contributed by atoms with Gasteiger partial charge in [0, 0.05) is 32.7 Å². The van der Waals surface area contributed by atoms with E-state index in [1.807, 2.05) is 0 Å². The van der Waals surface area contributed by atoms with Crippen LogP contribution in [0.1, 0.15) is 13.3 Å². The summed E-state index contributed by atoms with van der Waals surface area (Å²) in [4.78, 5) is 13.2. The minimum atomic E-state index is -0.747. The van der Waals surface area contributed by atoms with E-state index >= 15 is 0 Å². The molecule has 3 N–H and O–H groups in total. The number of nitrogens with zero attached hydrogens (tertiary/aromatic N) is 1. The van der Waals surface area contributed by atoms with Crippen LogP contribution in [0, 0.1) is 0 Å². The summed E-state index contributed by atoms with van der Waals surface area (Å²) in [7, 11) is 0. The molecule has 2 saturated heterocycles. The van der Waals surface area contributed by atoms with Crippen molar-refractivity contribution in [1.29, 1.82) is 0 Å². The van der Waals surface area contributed by atoms with Gasteiger partial charge in [-0.25, -0.2) is 0 Å². The molecule has 0 aromatic heterocycles. The number of carbonyl (C=O) groups is 1. The highest BCUT2D eigenvalue weighted by molar-refractivity contribution is 5.68. The SMILES string of the molecule is CCN1CCOC(CNC2(CC(=O)O)CNC2)C1. The molecule has 0 amide bonds. The zero-order chi connectivity index (χ0) is 13.0. The first-order valence-electron chi connectivity index (χ1n) is 6.65. The summed E-state index contributed by atoms with van der Waals surface area (Å²) < 4.78 is 5.71. The molecule has 2 rings (SSSR count). The Kier molecular flexibility index (Phi) is 4.55. The number of carboxylic acid groups (broad SMARTS) is 1. The van der Waals surface area contributed by atoms with Crippen LogP contribution in [-0.4, -0.2) is 73.5 Å². The second-order valence-corrected chi connectivity index (χ2v) is 5.22. The lowest BCUT2D eigenvalue weighted by molar-refractivity contribution is -0.139. The summed E-state index contributed by atoms with van der Waals surface area (Å²) in [6.07, 6.45) is 0.342. The Balaban J connectivity index is 1.77. The van der Waals surface area contributed by atoms with E-state index in [2.05, 4.69) is 22.5 Å². The summed E-state index contributed by atoms with van der Waals surface area (Å²) in [6, 6.07) is 0. The maximum atomic E-state index is 10.8. The van der Waals surface area contributed by atoms with Gasteiger partial charge in [0.25, 0.3) is 0 Å². The number of hydrogen-bond donors (Lipinski definition) is 3. The topological polar surface area (TPSA) is 73.8 Å². The van der Waals surface area contributed by atoms with Gasteiger partial charge >= 0.3 is 5.97 Å². The highest BCUT2D eigenvalue weighted by Crippen LogP contribution is 2.16. The Labute approximate surface area is 108 Å². The second kappa shape index (κ2) is 5.97. The maximum absolute atomic E-state index is 10.8. The van der Waals surface area contributed by atoms with Gasteiger partial charge in [0.15, 0.2) is 0 Å². The standard InChI is InChI=1S/C12H23N3O3/c1-2-15-3-4-18-10(7-15)6-14-12(5-11(16)17)8-13-9-12/h10,13-14H,2-9H2,1H3,(H,16,17). The fraction of sp³-hybridized carbons (Fsp3) is 0.917. The molecule has 0 bridgehead atoms. The lowest BCUT2D eigenvalue weighted by Crippen LogP contribution is -2.69. The van der Waals surface area contributed by atoms with Gasteiger partial charge in [0.2, 0.25) is 0 Å². The van der Waals surface area contributed by atoms with Crippen LogP contribution in [0.4, 0.5) is 0 Å². The normalized spacial score (nSPS) is 27.7. The van der Waals surface area contributed by atoms with Gasteiger partial charge in [-0.15, -0.1) is 0 Å². The van der Waals surface area contributed by atoms with Crippen molar-refractivity contribution in [3.05, 3.63) is 0 Å². The van der Waals surface area contributed by atoms with Crippen molar-refractivity contribution in [3.8, 4) is 0 Å². The van der Waals surface area contributed by atoms with Crippen LogP contribution in [0.25, 0.3) is 0 Å². The van der Waals surface area contributed by atoms with E-state index in [0.29, 0.717) is 0 Å². The van der Waals surface area contributed by atoms with E-state index in [1.54, 1.807) is 0 Å². The molecule has 0 aromatic carbocycles. The Hall–Kier alpha value is -0.690. The molecular formula is C12H23N3O3. The van der Waals surface area contributed by atoms with E-state index in [-0.39, 0.29) is 18.1 Å². The minimum Gasteiger partial charge on any atom is -0.481 e. The smallest absolute Gasteiger partial charge is 0.305 e. The number of rotatable bonds is 6. The lowest BCUT2D eigenvalue weighted by atomic mass is 9.88. The fourth-order valence-electron chi connectivity index (χ4n) is 2.55. The number of nitrogens with one attached hydrogen (secondary N) is 2. The Bertz CT molecular complexity index is 294. The predicted octanol–water partition coefficient (Wildman–Crippen LogP) is -0.887. The Morgan fingerprint density at radius 2 is 2.39 bits per heavy atom. The molecule has 18 heavy (non-hydrogen) atoms. The van der Waals surface area contributed by atoms with Crippen LogP contribution in [0.5, 0.6) is 0 Å². The molecule has 104 valence electrons. The van der Waals surface area contributed by atoms with E-state index in [1.165, 1.54) is 0 Å². The van der Waals surface area contributed by atoms with Crippen molar-refractivity contribution >= 4 is 5.97 Å². The number of carboxylic acids is 1. The van der Waals surface area contributed by atoms with Crippen molar-refractivity contribution < 1.29 is 14.6 Å². The lowest BCUT2D eigenvalue weighted by Gasteiger charge is -2.44. The number of hydrogen-bond acceptors (Lipinski definition) is 5. The van der Waals surface area contributed by atoms with Gasteiger partial charge < -0.3 is 20.5 Å². The molecule has 0 spiro atoms. The van der Waals surface area contributed by atoms with Gasteiger partial charge in [-0.1, -0.05) is 6.92 Å². The van der Waals surface area contributed by atoms with Crippen molar-refractivity contribution in [2.75, 3.05) is 45.9 Å². The van der Waals surface area contributed by atoms with Crippen molar-refractivity contribution in [1.82, 2.24) is 15.5 Å². The van der Waals surface area contributed by atoms with Gasteiger partial charge in [0.05, 0.1) is 24.7 Å². The monoisotopic (exact) mass is 257 g/mol. The Morgan fingerprint density at radius 1 is 1.61 bits per heavy atom. The molecule has 0 radical (unpaired) electrons. The number of ether oxygens (including phenoxy) is 1. The predicted molar refractivity (Wildman–Crippen MR) is 67.7 cm³/mol. The third kappa shape index (κ3) is 3.41. The van der Waals surface area contributed by atoms with Crippen LogP contribution >= 0.6 is 0 Å². The van der Waals surface area contributed by atoms with Crippen LogP contribution in [0.2, 0.25) is 0 Å². The minimum absolute atomic E-state index is 0.171. The van der Waals surface area contributed by atoms with Crippen LogP contribution in [0.3, 0.4) is 0 Å². The number of aliphatic carboxylic acids is 1. The molecule has 0 aliphatic carbocycles. The van der Waals surface area contributed by atoms with Gasteiger partial charge in [0.1, 0.15) is 0 Å². The summed E-state index contributed by atoms with van der Waals surface area (Å²) in [5.74, 6) is -0.747. The number of morpholine rings is 1. The summed E-state index contributed by atoms with van der Waals surface area (Å²) in [5, 5.41) is 15.4. The summed E-state index contributed by atoms with van der Waals surface area (Å²) in [6.45, 7) is 8.07. The van der Waals surface area contributed by atoms with Gasteiger partial charge in [-0.3, -0.25) is 9.69 Å². The first kappa shape index (κ1) is 13.7. The highest BCUT2D eigenvalue weighted by atomic mass is 16.5. The fourth-order valence-corrected chi connectivity index (χ4v) is 2.55. The largest absolute Gasteiger partial charge is 0.481 e. The van der Waals surface area contributed by atoms with E-state index in [4.69, 9.17) is 9.84 Å². The molecule has 2 heterocycles. The molecule has 1 atom stereocenters. The first-order chi connectivity index (χ1) is 8.63. The van der Waals surface area contributed by atoms with E-state index < -0.39 is 5.97 Å². The second-order valence-electron chi connectivity index (χ2n) is 5.22. The molecular weight excluding hydrogens is 234 g/mol. The maximum Gasteiger partial charge on any atom is 0.305 e.